The van der Waals surface area contributed by atoms with Crippen molar-refractivity contribution in [1.29, 1.82) is 0 Å². The number of carbonyl (C=O) groups is 2. The summed E-state index contributed by atoms with van der Waals surface area (Å²) < 4.78 is 35.6. The number of Topliss-reactive ketones (excluding diaryl/α,β-unsaturated/α-hetero) is 2. The van der Waals surface area contributed by atoms with Gasteiger partial charge in [-0.1, -0.05) is 18.5 Å². The van der Waals surface area contributed by atoms with Crippen molar-refractivity contribution in [2.45, 2.75) is 25.0 Å². The Morgan fingerprint density at radius 2 is 1.80 bits per heavy atom. The van der Waals surface area contributed by atoms with E-state index in [1.54, 1.807) is 23.7 Å². The minimum absolute atomic E-state index is 0.0378. The highest BCUT2D eigenvalue weighted by Crippen LogP contribution is 2.56. The quantitative estimate of drug-likeness (QED) is 0.465. The van der Waals surface area contributed by atoms with Gasteiger partial charge in [-0.25, -0.2) is 4.68 Å². The van der Waals surface area contributed by atoms with Gasteiger partial charge in [0.05, 0.1) is 21.3 Å². The fourth-order valence-corrected chi connectivity index (χ4v) is 6.27. The summed E-state index contributed by atoms with van der Waals surface area (Å²) in [6, 6.07) is 4.26. The highest BCUT2D eigenvalue weighted by Gasteiger charge is 2.63. The molecule has 1 N–H and O–H groups in total. The number of nitrogens with one attached hydrogen (secondary N) is 1. The van der Waals surface area contributed by atoms with E-state index in [0.717, 1.165) is 0 Å². The van der Waals surface area contributed by atoms with Crippen LogP contribution in [0.3, 0.4) is 0 Å². The van der Waals surface area contributed by atoms with Crippen LogP contribution in [0.25, 0.3) is 0 Å². The number of hydrogen-bond donors (Lipinski definition) is 1. The van der Waals surface area contributed by atoms with Crippen molar-refractivity contribution in [3.05, 3.63) is 51.9 Å². The monoisotopic (exact) mass is 566 g/mol. The van der Waals surface area contributed by atoms with Crippen molar-refractivity contribution in [3.8, 4) is 34.5 Å². The second kappa shape index (κ2) is 8.52. The van der Waals surface area contributed by atoms with Crippen LogP contribution < -0.4 is 33.7 Å². The molecule has 0 unspecified atom stereocenters. The number of benzene rings is 2. The summed E-state index contributed by atoms with van der Waals surface area (Å²) in [7, 11) is 4.39. The van der Waals surface area contributed by atoms with Crippen LogP contribution in [0.4, 0.5) is 5.95 Å². The molecule has 13 heteroatoms. The van der Waals surface area contributed by atoms with E-state index in [1.807, 2.05) is 0 Å². The van der Waals surface area contributed by atoms with Crippen LogP contribution in [0, 0.1) is 5.92 Å². The molecule has 3 aliphatic heterocycles. The largest absolute Gasteiger partial charge is 0.496 e. The van der Waals surface area contributed by atoms with Gasteiger partial charge >= 0.3 is 0 Å². The second-order valence-corrected chi connectivity index (χ2v) is 10.2. The Hall–Kier alpha value is -4.45. The zero-order valence-corrected chi connectivity index (χ0v) is 22.6. The summed E-state index contributed by atoms with van der Waals surface area (Å²) >= 11 is 6.59. The van der Waals surface area contributed by atoms with Gasteiger partial charge in [-0.2, -0.15) is 10.1 Å². The lowest BCUT2D eigenvalue weighted by Crippen LogP contribution is -2.58. The number of carbonyl (C=O) groups excluding carboxylic acids is 2. The van der Waals surface area contributed by atoms with Gasteiger partial charge in [0.25, 0.3) is 0 Å². The molecule has 0 saturated heterocycles. The molecule has 1 aliphatic carbocycles. The number of ether oxygens (including phenoxy) is 6. The van der Waals surface area contributed by atoms with Gasteiger partial charge in [-0.15, -0.1) is 0 Å². The van der Waals surface area contributed by atoms with Crippen LogP contribution in [-0.4, -0.2) is 60.1 Å². The van der Waals surface area contributed by atoms with Crippen LogP contribution in [0.15, 0.2) is 35.8 Å². The van der Waals surface area contributed by atoms with E-state index in [9.17, 15) is 9.59 Å². The van der Waals surface area contributed by atoms with Gasteiger partial charge in [0.1, 0.15) is 34.5 Å². The Labute approximate surface area is 232 Å². The van der Waals surface area contributed by atoms with E-state index < -0.39 is 29.1 Å². The smallest absolute Gasteiger partial charge is 0.236 e. The predicted octanol–water partition coefficient (Wildman–Crippen LogP) is 3.58. The van der Waals surface area contributed by atoms with Gasteiger partial charge in [0.15, 0.2) is 17.2 Å². The Morgan fingerprint density at radius 3 is 2.55 bits per heavy atom. The Morgan fingerprint density at radius 1 is 1.02 bits per heavy atom. The van der Waals surface area contributed by atoms with Gasteiger partial charge in [0, 0.05) is 23.3 Å². The number of rotatable bonds is 4. The number of aromatic nitrogens is 3. The first-order valence-electron chi connectivity index (χ1n) is 12.4. The summed E-state index contributed by atoms with van der Waals surface area (Å²) in [5.41, 5.74) is -0.235. The number of fused-ring (bicyclic) bond motifs is 3. The fraction of sp³-hybridized carbons (Fsp3) is 0.333. The number of anilines is 1. The number of halogens is 1. The first-order valence-corrected chi connectivity index (χ1v) is 12.8. The van der Waals surface area contributed by atoms with Gasteiger partial charge in [-0.05, 0) is 24.1 Å². The summed E-state index contributed by atoms with van der Waals surface area (Å²) in [5.74, 6) is 0.717. The minimum atomic E-state index is -1.89. The topological polar surface area (TPSA) is 132 Å². The summed E-state index contributed by atoms with van der Waals surface area (Å²) in [6.07, 6.45) is 1.70. The van der Waals surface area contributed by atoms with Gasteiger partial charge in [-0.3, -0.25) is 9.59 Å². The molecule has 1 spiro atoms. The van der Waals surface area contributed by atoms with E-state index >= 15 is 0 Å². The number of hydrogen-bond acceptors (Lipinski definition) is 11. The van der Waals surface area contributed by atoms with E-state index in [4.69, 9.17) is 40.0 Å². The van der Waals surface area contributed by atoms with Crippen molar-refractivity contribution >= 4 is 29.1 Å². The molecular formula is C27H23ClN4O8. The number of ketones is 2. The highest BCUT2D eigenvalue weighted by molar-refractivity contribution is 6.36. The third-order valence-electron chi connectivity index (χ3n) is 7.88. The molecule has 3 atom stereocenters. The van der Waals surface area contributed by atoms with Crippen molar-refractivity contribution in [2.24, 2.45) is 5.92 Å². The molecule has 4 heterocycles. The Bertz CT molecular complexity index is 1670. The molecule has 0 fully saturated rings. The molecule has 4 aliphatic rings. The molecule has 12 nitrogen and oxygen atoms in total. The average molecular weight is 567 g/mol. The zero-order valence-electron chi connectivity index (χ0n) is 21.9. The second-order valence-electron chi connectivity index (χ2n) is 9.81. The maximum absolute atomic E-state index is 14.7. The number of methoxy groups -OCH3 is 3. The first-order chi connectivity index (χ1) is 19.3. The lowest BCUT2D eigenvalue weighted by molar-refractivity contribution is -0.130. The van der Waals surface area contributed by atoms with E-state index in [1.165, 1.54) is 33.7 Å². The standard InChI is InChI=1S/C27H23ClN4O8/c1-11-5-13-18(24(33)27(11)25(34)19-14(35-2)8-15(36-3)20(28)23(19)40-27)21(32-26(31-13)29-9-30-32)12-6-16(37-4)22-17(7-12)38-10-39-22/h6-9,11,21H,5,10H2,1-4H3,(H,29,30,31)/t11-,21-,27+/m1/s1. The Kier molecular flexibility index (Phi) is 5.24. The van der Waals surface area contributed by atoms with Crippen molar-refractivity contribution in [1.82, 2.24) is 14.8 Å². The molecular weight excluding hydrogens is 544 g/mol. The van der Waals surface area contributed by atoms with Crippen LogP contribution in [-0.2, 0) is 4.79 Å². The molecule has 3 aromatic rings. The third-order valence-corrected chi connectivity index (χ3v) is 8.24. The predicted molar refractivity (Wildman–Crippen MR) is 139 cm³/mol. The van der Waals surface area contributed by atoms with Crippen molar-refractivity contribution < 1.29 is 38.0 Å². The van der Waals surface area contributed by atoms with Crippen LogP contribution in [0.1, 0.15) is 35.3 Å². The molecule has 7 rings (SSSR count). The summed E-state index contributed by atoms with van der Waals surface area (Å²) in [6.45, 7) is 1.83. The fourth-order valence-electron chi connectivity index (χ4n) is 6.01. The first kappa shape index (κ1) is 24.6. The van der Waals surface area contributed by atoms with Gasteiger partial charge < -0.3 is 33.7 Å². The van der Waals surface area contributed by atoms with Crippen LogP contribution in [0.5, 0.6) is 34.5 Å². The van der Waals surface area contributed by atoms with E-state index in [2.05, 4.69) is 15.4 Å². The molecule has 206 valence electrons. The van der Waals surface area contributed by atoms with E-state index in [-0.39, 0.29) is 34.6 Å². The minimum Gasteiger partial charge on any atom is -0.496 e. The van der Waals surface area contributed by atoms with Crippen molar-refractivity contribution in [3.63, 3.8) is 0 Å². The zero-order chi connectivity index (χ0) is 27.9. The maximum atomic E-state index is 14.7. The molecule has 0 saturated carbocycles. The van der Waals surface area contributed by atoms with E-state index in [0.29, 0.717) is 46.5 Å². The lowest BCUT2D eigenvalue weighted by Gasteiger charge is -2.41. The van der Waals surface area contributed by atoms with Crippen LogP contribution in [0.2, 0.25) is 5.02 Å². The molecule has 0 bridgehead atoms. The molecule has 0 radical (unpaired) electrons. The summed E-state index contributed by atoms with van der Waals surface area (Å²) in [5, 5.41) is 7.73. The van der Waals surface area contributed by atoms with Gasteiger partial charge in [0.2, 0.25) is 35.7 Å². The highest BCUT2D eigenvalue weighted by atomic mass is 35.5. The number of nitrogens with zero attached hydrogens (tertiary/aromatic N) is 3. The maximum Gasteiger partial charge on any atom is 0.236 e. The Balaban J connectivity index is 1.41. The average Bonchev–Trinajstić information content (AvgIpc) is 3.69. The van der Waals surface area contributed by atoms with Crippen LogP contribution >= 0.6 is 11.6 Å². The molecule has 0 amide bonds. The normalized spacial score (nSPS) is 23.8. The molecule has 2 aromatic carbocycles. The third kappa shape index (κ3) is 3.02. The SMILES string of the molecule is COc1cc(OC)c2c(c1Cl)O[C@@]1(C(=O)C3=C(C[C@H]1C)Nc1ncnn1[C@@H]3c1cc(OC)c3c(c1)OCO3)C2=O. The summed E-state index contributed by atoms with van der Waals surface area (Å²) in [4.78, 5) is 33.3. The lowest BCUT2D eigenvalue weighted by atomic mass is 9.69. The van der Waals surface area contributed by atoms with Crippen molar-refractivity contribution in [2.75, 3.05) is 33.4 Å². The molecule has 1 aromatic heterocycles. The number of allylic oxidation sites excluding steroid dienone is 1. The molecule has 40 heavy (non-hydrogen) atoms.